The first-order chi connectivity index (χ1) is 20.3. The van der Waals surface area contributed by atoms with Gasteiger partial charge in [-0.05, 0) is 61.7 Å². The van der Waals surface area contributed by atoms with E-state index in [0.29, 0.717) is 28.4 Å². The molecule has 4 aromatic rings. The van der Waals surface area contributed by atoms with Crippen LogP contribution in [0.5, 0.6) is 5.75 Å². The third-order valence-electron chi connectivity index (χ3n) is 7.42. The van der Waals surface area contributed by atoms with Crippen LogP contribution in [0.15, 0.2) is 73.6 Å². The summed E-state index contributed by atoms with van der Waals surface area (Å²) in [6, 6.07) is 10.4. The number of nitrogens with zero attached hydrogens (tertiary/aromatic N) is 1. The molecule has 1 aliphatic heterocycles. The lowest BCUT2D eigenvalue weighted by Crippen LogP contribution is -2.28. The molecule has 0 bridgehead atoms. The Labute approximate surface area is 251 Å². The lowest BCUT2D eigenvalue weighted by Gasteiger charge is -2.19. The van der Waals surface area contributed by atoms with Crippen LogP contribution in [0.2, 0.25) is 0 Å². The molecule has 44 heavy (non-hydrogen) atoms. The first-order valence-electron chi connectivity index (χ1n) is 12.9. The Kier molecular flexibility index (Phi) is 7.59. The van der Waals surface area contributed by atoms with Crippen LogP contribution < -0.4 is 5.63 Å². The molecule has 0 atom stereocenters. The third kappa shape index (κ3) is 5.91. The molecule has 232 valence electrons. The molecule has 16 heteroatoms. The van der Waals surface area contributed by atoms with Crippen molar-refractivity contribution in [2.75, 3.05) is 12.3 Å². The highest BCUT2D eigenvalue weighted by Gasteiger charge is 2.46. The van der Waals surface area contributed by atoms with Gasteiger partial charge in [0.1, 0.15) is 22.8 Å². The largest absolute Gasteiger partial charge is 0.508 e. The number of phenols is 1. The fraction of sp³-hybridized carbons (Fsp3) is 0.214. The second-order valence-corrected chi connectivity index (χ2v) is 15.2. The molecule has 0 amide bonds. The standard InChI is InChI=1S/C28H25NO12S3/c1-28(2)25(9-5-17-12-16-4-6-18(30)13-23(16)41-27(17)31)29(10-3-11-42(32,33)34)22-8-7-20-21(26(22)28)14-19(43(35,36)37)15-24(20)44(38,39)40/h4-9,12-15H,3,10-11H2,1-2H3,(H3,32,33,34,35,36,37,38,39,40)/p+1. The number of phenolic OH excluding ortho intramolecular Hbond substituents is 1. The Bertz CT molecular complexity index is 2330. The van der Waals surface area contributed by atoms with Crippen LogP contribution in [-0.4, -0.2) is 66.6 Å². The predicted molar refractivity (Wildman–Crippen MR) is 161 cm³/mol. The number of rotatable bonds is 8. The molecule has 0 radical (unpaired) electrons. The van der Waals surface area contributed by atoms with Crippen LogP contribution in [0.4, 0.5) is 5.69 Å². The number of fused-ring (bicyclic) bond motifs is 4. The minimum Gasteiger partial charge on any atom is -0.508 e. The summed E-state index contributed by atoms with van der Waals surface area (Å²) in [5.74, 6) is -0.669. The summed E-state index contributed by atoms with van der Waals surface area (Å²) in [6.45, 7) is 3.48. The molecule has 13 nitrogen and oxygen atoms in total. The zero-order chi connectivity index (χ0) is 32.4. The zero-order valence-electron chi connectivity index (χ0n) is 23.1. The van der Waals surface area contributed by atoms with E-state index in [-0.39, 0.29) is 40.6 Å². The lowest BCUT2D eigenvalue weighted by atomic mass is 9.79. The van der Waals surface area contributed by atoms with Gasteiger partial charge in [0.25, 0.3) is 30.4 Å². The van der Waals surface area contributed by atoms with Crippen LogP contribution in [0.25, 0.3) is 27.8 Å². The highest BCUT2D eigenvalue weighted by molar-refractivity contribution is 7.87. The minimum atomic E-state index is -4.96. The molecule has 3 aromatic carbocycles. The molecule has 5 rings (SSSR count). The normalized spacial score (nSPS) is 15.5. The van der Waals surface area contributed by atoms with Gasteiger partial charge < -0.3 is 9.52 Å². The summed E-state index contributed by atoms with van der Waals surface area (Å²) in [5, 5.41) is 10.3. The molecular formula is C28H26NO12S3+. The van der Waals surface area contributed by atoms with Gasteiger partial charge in [-0.2, -0.15) is 29.8 Å². The van der Waals surface area contributed by atoms with Gasteiger partial charge in [0, 0.05) is 41.0 Å². The Morgan fingerprint density at radius 1 is 0.864 bits per heavy atom. The Balaban J connectivity index is 1.75. The van der Waals surface area contributed by atoms with Crippen LogP contribution in [-0.2, 0) is 35.8 Å². The fourth-order valence-electron chi connectivity index (χ4n) is 5.55. The molecule has 0 fully saturated rings. The second-order valence-electron chi connectivity index (χ2n) is 10.8. The monoisotopic (exact) mass is 664 g/mol. The number of aromatic hydroxyl groups is 1. The van der Waals surface area contributed by atoms with Crippen molar-refractivity contribution in [3.05, 3.63) is 76.2 Å². The fourth-order valence-corrected chi connectivity index (χ4v) is 7.38. The van der Waals surface area contributed by atoms with E-state index >= 15 is 0 Å². The predicted octanol–water partition coefficient (Wildman–Crippen LogP) is 3.51. The summed E-state index contributed by atoms with van der Waals surface area (Å²) < 4.78 is 108. The van der Waals surface area contributed by atoms with Gasteiger partial charge in [-0.1, -0.05) is 0 Å². The Hall–Kier alpha value is -3.93. The van der Waals surface area contributed by atoms with E-state index in [1.165, 1.54) is 30.3 Å². The quantitative estimate of drug-likeness (QED) is 0.121. The van der Waals surface area contributed by atoms with E-state index in [1.807, 2.05) is 0 Å². The van der Waals surface area contributed by atoms with Crippen molar-refractivity contribution in [1.29, 1.82) is 0 Å². The van der Waals surface area contributed by atoms with Gasteiger partial charge >= 0.3 is 5.63 Å². The first-order valence-corrected chi connectivity index (χ1v) is 17.4. The average Bonchev–Trinajstić information content (AvgIpc) is 3.10. The van der Waals surface area contributed by atoms with Gasteiger partial charge in [-0.25, -0.2) is 4.79 Å². The first kappa shape index (κ1) is 31.5. The second kappa shape index (κ2) is 10.6. The average molecular weight is 665 g/mol. The van der Waals surface area contributed by atoms with Crippen LogP contribution in [0.1, 0.15) is 31.4 Å². The number of hydrogen-bond donors (Lipinski definition) is 4. The van der Waals surface area contributed by atoms with E-state index in [2.05, 4.69) is 0 Å². The minimum absolute atomic E-state index is 0.0240. The molecule has 0 aliphatic carbocycles. The Morgan fingerprint density at radius 3 is 2.20 bits per heavy atom. The van der Waals surface area contributed by atoms with Crippen molar-refractivity contribution in [2.45, 2.75) is 35.5 Å². The molecule has 2 heterocycles. The maximum atomic E-state index is 12.8. The van der Waals surface area contributed by atoms with Gasteiger partial charge in [0.15, 0.2) is 5.71 Å². The van der Waals surface area contributed by atoms with E-state index in [9.17, 15) is 48.8 Å². The zero-order valence-corrected chi connectivity index (χ0v) is 25.6. The maximum absolute atomic E-state index is 12.8. The van der Waals surface area contributed by atoms with Crippen LogP contribution >= 0.6 is 0 Å². The molecule has 4 N–H and O–H groups in total. The van der Waals surface area contributed by atoms with Crippen molar-refractivity contribution in [2.24, 2.45) is 0 Å². The molecule has 0 spiro atoms. The molecule has 1 aromatic heterocycles. The van der Waals surface area contributed by atoms with E-state index in [0.717, 1.165) is 6.07 Å². The summed E-state index contributed by atoms with van der Waals surface area (Å²) in [4.78, 5) is 11.2. The maximum Gasteiger partial charge on any atom is 0.343 e. The smallest absolute Gasteiger partial charge is 0.343 e. The summed E-state index contributed by atoms with van der Waals surface area (Å²) in [7, 11) is -14.2. The van der Waals surface area contributed by atoms with Crippen molar-refractivity contribution in [3.63, 3.8) is 0 Å². The summed E-state index contributed by atoms with van der Waals surface area (Å²) >= 11 is 0. The topological polar surface area (TPSA) is 217 Å². The van der Waals surface area contributed by atoms with Crippen molar-refractivity contribution < 1.29 is 53.0 Å². The van der Waals surface area contributed by atoms with Crippen LogP contribution in [0.3, 0.4) is 0 Å². The molecule has 1 aliphatic rings. The third-order valence-corrected chi connectivity index (χ3v) is 9.95. The Morgan fingerprint density at radius 2 is 1.57 bits per heavy atom. The van der Waals surface area contributed by atoms with Crippen molar-refractivity contribution in [1.82, 2.24) is 0 Å². The van der Waals surface area contributed by atoms with Crippen molar-refractivity contribution >= 4 is 69.6 Å². The highest BCUT2D eigenvalue weighted by atomic mass is 32.2. The van der Waals surface area contributed by atoms with Crippen LogP contribution in [0, 0.1) is 0 Å². The lowest BCUT2D eigenvalue weighted by molar-refractivity contribution is -0.437. The summed E-state index contributed by atoms with van der Waals surface area (Å²) in [6.07, 6.45) is 2.99. The van der Waals surface area contributed by atoms with E-state index in [4.69, 9.17) is 4.42 Å². The van der Waals surface area contributed by atoms with Gasteiger partial charge in [0.2, 0.25) is 5.69 Å². The van der Waals surface area contributed by atoms with E-state index < -0.39 is 56.9 Å². The highest BCUT2D eigenvalue weighted by Crippen LogP contribution is 2.46. The number of hydrogen-bond acceptors (Lipinski definition) is 9. The van der Waals surface area contributed by atoms with E-state index in [1.54, 1.807) is 36.6 Å². The number of benzene rings is 3. The van der Waals surface area contributed by atoms with Crippen molar-refractivity contribution in [3.8, 4) is 5.75 Å². The molecular weight excluding hydrogens is 639 g/mol. The number of allylic oxidation sites excluding steroid dienone is 1. The summed E-state index contributed by atoms with van der Waals surface area (Å²) in [5.41, 5.74) is -0.201. The molecule has 0 unspecified atom stereocenters. The molecule has 0 saturated carbocycles. The van der Waals surface area contributed by atoms with Gasteiger partial charge in [-0.15, -0.1) is 0 Å². The van der Waals surface area contributed by atoms with Gasteiger partial charge in [-0.3, -0.25) is 13.7 Å². The molecule has 0 saturated heterocycles. The van der Waals surface area contributed by atoms with Gasteiger partial charge in [0.05, 0.1) is 21.6 Å². The SMILES string of the molecule is CC1(C)C(/C=C/c2cc3ccc(O)cc3oc2=O)=[N+](CCCS(=O)(=O)O)c2ccc3c(S(=O)(=O)O)cc(S(=O)(=O)O)cc3c21.